The van der Waals surface area contributed by atoms with Gasteiger partial charge in [-0.15, -0.1) is 11.3 Å². The molecule has 1 aliphatic heterocycles. The van der Waals surface area contributed by atoms with E-state index in [1.807, 2.05) is 0 Å². The van der Waals surface area contributed by atoms with Gasteiger partial charge >= 0.3 is 6.09 Å². The summed E-state index contributed by atoms with van der Waals surface area (Å²) in [7, 11) is 0. The molecule has 28 heavy (non-hydrogen) atoms. The molecule has 0 radical (unpaired) electrons. The summed E-state index contributed by atoms with van der Waals surface area (Å²) < 4.78 is 18.0. The normalized spacial score (nSPS) is 13.0. The van der Waals surface area contributed by atoms with Crippen LogP contribution >= 0.6 is 11.3 Å². The number of thiophene rings is 1. The number of fused-ring (bicyclic) bond motifs is 1. The van der Waals surface area contributed by atoms with Crippen molar-refractivity contribution in [1.29, 1.82) is 0 Å². The van der Waals surface area contributed by atoms with E-state index in [4.69, 9.17) is 10.5 Å². The number of nitrogens with two attached hydrogens (primary N) is 1. The van der Waals surface area contributed by atoms with Crippen molar-refractivity contribution in [1.82, 2.24) is 4.90 Å². The van der Waals surface area contributed by atoms with Gasteiger partial charge in [-0.25, -0.2) is 9.18 Å². The number of ether oxygens (including phenoxy) is 1. The summed E-state index contributed by atoms with van der Waals surface area (Å²) in [5.41, 5.74) is 7.23. The van der Waals surface area contributed by atoms with Crippen LogP contribution in [0, 0.1) is 5.82 Å². The van der Waals surface area contributed by atoms with Crippen molar-refractivity contribution in [2.75, 3.05) is 18.5 Å². The van der Waals surface area contributed by atoms with Gasteiger partial charge in [0.05, 0.1) is 25.1 Å². The third kappa shape index (κ3) is 4.30. The topological polar surface area (TPSA) is 102 Å². The number of rotatable bonds is 5. The van der Waals surface area contributed by atoms with Crippen LogP contribution in [0.15, 0.2) is 24.3 Å². The molecule has 0 bridgehead atoms. The van der Waals surface area contributed by atoms with E-state index in [0.717, 1.165) is 10.4 Å². The van der Waals surface area contributed by atoms with Crippen LogP contribution in [0.4, 0.5) is 14.2 Å². The molecule has 0 saturated heterocycles. The summed E-state index contributed by atoms with van der Waals surface area (Å²) in [6.07, 6.45) is 0.0799. The van der Waals surface area contributed by atoms with Crippen LogP contribution in [0.2, 0.25) is 0 Å². The minimum atomic E-state index is -0.626. The van der Waals surface area contributed by atoms with Gasteiger partial charge in [-0.1, -0.05) is 12.1 Å². The van der Waals surface area contributed by atoms with Gasteiger partial charge in [0.25, 0.3) is 5.91 Å². The second-order valence-electron chi connectivity index (χ2n) is 6.29. The van der Waals surface area contributed by atoms with Crippen molar-refractivity contribution >= 4 is 34.2 Å². The van der Waals surface area contributed by atoms with Gasteiger partial charge in [-0.3, -0.25) is 9.59 Å². The lowest BCUT2D eigenvalue weighted by molar-refractivity contribution is -0.115. The fourth-order valence-corrected chi connectivity index (χ4v) is 4.37. The van der Waals surface area contributed by atoms with E-state index >= 15 is 0 Å². The summed E-state index contributed by atoms with van der Waals surface area (Å²) in [5, 5.41) is 3.10. The highest BCUT2D eigenvalue weighted by molar-refractivity contribution is 7.17. The number of carbonyl (C=O) groups excluding carboxylic acids is 3. The Kier molecular flexibility index (Phi) is 5.93. The Morgan fingerprint density at radius 1 is 1.29 bits per heavy atom. The lowest BCUT2D eigenvalue weighted by atomic mass is 10.0. The van der Waals surface area contributed by atoms with Gasteiger partial charge in [0.15, 0.2) is 0 Å². The van der Waals surface area contributed by atoms with E-state index < -0.39 is 12.0 Å². The summed E-state index contributed by atoms with van der Waals surface area (Å²) in [5.74, 6) is -1.34. The van der Waals surface area contributed by atoms with Crippen LogP contribution in [0.25, 0.3) is 0 Å². The lowest BCUT2D eigenvalue weighted by Crippen LogP contribution is -2.36. The Labute approximate surface area is 165 Å². The Morgan fingerprint density at radius 3 is 2.64 bits per heavy atom. The number of halogens is 1. The fourth-order valence-electron chi connectivity index (χ4n) is 3.08. The molecule has 3 amide bonds. The number of benzene rings is 1. The highest BCUT2D eigenvalue weighted by Gasteiger charge is 2.30. The Bertz CT molecular complexity index is 911. The third-order valence-electron chi connectivity index (χ3n) is 4.36. The number of nitrogens with one attached hydrogen (secondary N) is 1. The van der Waals surface area contributed by atoms with E-state index in [0.29, 0.717) is 30.1 Å². The highest BCUT2D eigenvalue weighted by Crippen LogP contribution is 2.37. The van der Waals surface area contributed by atoms with E-state index in [2.05, 4.69) is 5.32 Å². The van der Waals surface area contributed by atoms with E-state index in [9.17, 15) is 18.8 Å². The largest absolute Gasteiger partial charge is 0.450 e. The second kappa shape index (κ2) is 8.39. The molecule has 7 nitrogen and oxygen atoms in total. The first-order valence-corrected chi connectivity index (χ1v) is 9.61. The Hall–Kier alpha value is -2.94. The third-order valence-corrected chi connectivity index (χ3v) is 5.49. The SMILES string of the molecule is CCOC(=O)N1CCc2c(sc(NC(=O)Cc3ccc(F)cc3)c2C(N)=O)C1. The van der Waals surface area contributed by atoms with Gasteiger partial charge < -0.3 is 20.7 Å². The number of anilines is 1. The molecule has 0 saturated carbocycles. The molecule has 0 fully saturated rings. The molecule has 0 atom stereocenters. The number of carbonyl (C=O) groups is 3. The fraction of sp³-hybridized carbons (Fsp3) is 0.316. The zero-order valence-electron chi connectivity index (χ0n) is 15.3. The van der Waals surface area contributed by atoms with Crippen LogP contribution in [-0.4, -0.2) is 36.0 Å². The van der Waals surface area contributed by atoms with Crippen LogP contribution in [0.1, 0.15) is 33.3 Å². The number of hydrogen-bond donors (Lipinski definition) is 2. The molecule has 0 spiro atoms. The minimum absolute atomic E-state index is 0.0377. The number of hydrogen-bond acceptors (Lipinski definition) is 5. The summed E-state index contributed by atoms with van der Waals surface area (Å²) in [4.78, 5) is 38.7. The Morgan fingerprint density at radius 2 is 2.00 bits per heavy atom. The molecular weight excluding hydrogens is 385 g/mol. The Balaban J connectivity index is 1.78. The maximum atomic E-state index is 13.0. The highest BCUT2D eigenvalue weighted by atomic mass is 32.1. The monoisotopic (exact) mass is 405 g/mol. The van der Waals surface area contributed by atoms with Gasteiger partial charge in [-0.2, -0.15) is 0 Å². The van der Waals surface area contributed by atoms with Crippen molar-refractivity contribution < 1.29 is 23.5 Å². The number of primary amides is 1. The molecule has 1 aromatic carbocycles. The van der Waals surface area contributed by atoms with Gasteiger partial charge in [0.2, 0.25) is 5.91 Å². The smallest absolute Gasteiger partial charge is 0.410 e. The first-order chi connectivity index (χ1) is 13.4. The molecule has 1 aliphatic rings. The molecule has 2 heterocycles. The second-order valence-corrected chi connectivity index (χ2v) is 7.40. The average Bonchev–Trinajstić information content (AvgIpc) is 3.00. The van der Waals surface area contributed by atoms with Crippen molar-refractivity contribution in [2.24, 2.45) is 5.73 Å². The van der Waals surface area contributed by atoms with E-state index in [1.165, 1.54) is 35.6 Å². The molecule has 3 rings (SSSR count). The molecule has 0 unspecified atom stereocenters. The average molecular weight is 405 g/mol. The summed E-state index contributed by atoms with van der Waals surface area (Å²) in [6, 6.07) is 5.62. The first kappa shape index (κ1) is 19.8. The predicted octanol–water partition coefficient (Wildman–Crippen LogP) is 2.68. The zero-order chi connectivity index (χ0) is 20.3. The number of nitrogens with zero attached hydrogens (tertiary/aromatic N) is 1. The predicted molar refractivity (Wildman–Crippen MR) is 103 cm³/mol. The van der Waals surface area contributed by atoms with E-state index in [1.54, 1.807) is 11.8 Å². The van der Waals surface area contributed by atoms with Crippen molar-refractivity contribution in [3.05, 3.63) is 51.7 Å². The van der Waals surface area contributed by atoms with Crippen LogP contribution in [0.3, 0.4) is 0 Å². The molecule has 3 N–H and O–H groups in total. The minimum Gasteiger partial charge on any atom is -0.450 e. The quantitative estimate of drug-likeness (QED) is 0.798. The van der Waals surface area contributed by atoms with Crippen LogP contribution in [-0.2, 0) is 28.9 Å². The standard InChI is InChI=1S/C19H20FN3O4S/c1-2-27-19(26)23-8-7-13-14(10-23)28-18(16(13)17(21)25)22-15(24)9-11-3-5-12(20)6-4-11/h3-6H,2,7-10H2,1H3,(H2,21,25)(H,22,24). The van der Waals surface area contributed by atoms with Gasteiger partial charge in [0, 0.05) is 11.4 Å². The maximum absolute atomic E-state index is 13.0. The molecule has 1 aromatic heterocycles. The van der Waals surface area contributed by atoms with Crippen LogP contribution < -0.4 is 11.1 Å². The molecule has 148 valence electrons. The maximum Gasteiger partial charge on any atom is 0.410 e. The molecule has 0 aliphatic carbocycles. The van der Waals surface area contributed by atoms with Gasteiger partial charge in [0.1, 0.15) is 10.8 Å². The summed E-state index contributed by atoms with van der Waals surface area (Å²) in [6.45, 7) is 2.72. The molecule has 2 aromatic rings. The molecular formula is C19H20FN3O4S. The van der Waals surface area contributed by atoms with E-state index in [-0.39, 0.29) is 30.3 Å². The zero-order valence-corrected chi connectivity index (χ0v) is 16.1. The van der Waals surface area contributed by atoms with Crippen molar-refractivity contribution in [2.45, 2.75) is 26.3 Å². The summed E-state index contributed by atoms with van der Waals surface area (Å²) >= 11 is 1.23. The first-order valence-electron chi connectivity index (χ1n) is 8.79. The van der Waals surface area contributed by atoms with Crippen LogP contribution in [0.5, 0.6) is 0 Å². The van der Waals surface area contributed by atoms with Crippen molar-refractivity contribution in [3.63, 3.8) is 0 Å². The van der Waals surface area contributed by atoms with Crippen molar-refractivity contribution in [3.8, 4) is 0 Å². The number of amides is 3. The molecule has 9 heteroatoms. The lowest BCUT2D eigenvalue weighted by Gasteiger charge is -2.26. The van der Waals surface area contributed by atoms with Gasteiger partial charge in [-0.05, 0) is 36.6 Å².